The second-order valence-electron chi connectivity index (χ2n) is 8.72. The van der Waals surface area contributed by atoms with Crippen LogP contribution in [0.5, 0.6) is 0 Å². The molecule has 1 heterocycles. The Morgan fingerprint density at radius 2 is 1.28 bits per heavy atom. The summed E-state index contributed by atoms with van der Waals surface area (Å²) in [4.78, 5) is 0. The Labute approximate surface area is 191 Å². The van der Waals surface area contributed by atoms with Crippen LogP contribution in [0.4, 0.5) is 0 Å². The summed E-state index contributed by atoms with van der Waals surface area (Å²) in [5.74, 6) is 0. The lowest BCUT2D eigenvalue weighted by molar-refractivity contribution is -0.00241. The van der Waals surface area contributed by atoms with Gasteiger partial charge in [-0.2, -0.15) is 0 Å². The average molecular weight is 450 g/mol. The average Bonchev–Trinajstić information content (AvgIpc) is 2.83. The van der Waals surface area contributed by atoms with Crippen LogP contribution in [0.1, 0.15) is 28.3 Å². The lowest BCUT2D eigenvalue weighted by Crippen LogP contribution is -2.50. The van der Waals surface area contributed by atoms with E-state index in [0.717, 1.165) is 23.1 Å². The van der Waals surface area contributed by atoms with Gasteiger partial charge in [0, 0.05) is 6.54 Å². The van der Waals surface area contributed by atoms with E-state index in [2.05, 4.69) is 12.1 Å². The van der Waals surface area contributed by atoms with Crippen molar-refractivity contribution in [2.24, 2.45) is 0 Å². The van der Waals surface area contributed by atoms with Crippen molar-refractivity contribution in [2.75, 3.05) is 34.7 Å². The van der Waals surface area contributed by atoms with E-state index in [0.29, 0.717) is 6.54 Å². The van der Waals surface area contributed by atoms with E-state index < -0.39 is 19.2 Å². The Morgan fingerprint density at radius 3 is 1.78 bits per heavy atom. The molecule has 6 heteroatoms. The van der Waals surface area contributed by atoms with E-state index in [1.807, 2.05) is 106 Å². The molecule has 3 aromatic rings. The van der Waals surface area contributed by atoms with Crippen LogP contribution >= 0.6 is 7.59 Å². The molecule has 4 rings (SSSR count). The molecule has 0 fully saturated rings. The molecular weight excluding hydrogens is 417 g/mol. The standard InChI is InChI=1S/C26H32N3O2P/c1-27(2)32(31,28(3)4)29-20-19-21-13-11-12-18-24(21)25(29)26(30,22-14-7-5-8-15-22)23-16-9-6-10-17-23/h5-18,25,30H,19-20H2,1-4H3. The largest absolute Gasteiger partial charge is 0.378 e. The summed E-state index contributed by atoms with van der Waals surface area (Å²) in [5, 5.41) is 12.7. The Hall–Kier alpha value is -2.27. The highest BCUT2D eigenvalue weighted by atomic mass is 31.2. The summed E-state index contributed by atoms with van der Waals surface area (Å²) in [6.45, 7) is 0.581. The van der Waals surface area contributed by atoms with Crippen molar-refractivity contribution in [3.63, 3.8) is 0 Å². The van der Waals surface area contributed by atoms with Crippen molar-refractivity contribution in [2.45, 2.75) is 18.1 Å². The molecule has 0 saturated carbocycles. The van der Waals surface area contributed by atoms with E-state index in [-0.39, 0.29) is 0 Å². The maximum atomic E-state index is 14.6. The van der Waals surface area contributed by atoms with Crippen molar-refractivity contribution >= 4 is 7.59 Å². The Bertz CT molecular complexity index is 1050. The van der Waals surface area contributed by atoms with Crippen LogP contribution in [0, 0.1) is 0 Å². The number of rotatable bonds is 6. The summed E-state index contributed by atoms with van der Waals surface area (Å²) in [6, 6.07) is 27.2. The molecule has 168 valence electrons. The third-order valence-electron chi connectivity index (χ3n) is 6.46. The molecule has 0 spiro atoms. The van der Waals surface area contributed by atoms with Crippen LogP contribution in [0.3, 0.4) is 0 Å². The molecule has 0 radical (unpaired) electrons. The zero-order chi connectivity index (χ0) is 22.9. The number of nitrogens with zero attached hydrogens (tertiary/aromatic N) is 3. The minimum Gasteiger partial charge on any atom is -0.378 e. The molecule has 5 nitrogen and oxygen atoms in total. The Balaban J connectivity index is 2.04. The van der Waals surface area contributed by atoms with E-state index >= 15 is 0 Å². The maximum absolute atomic E-state index is 14.6. The van der Waals surface area contributed by atoms with Gasteiger partial charge in [0.25, 0.3) is 7.59 Å². The number of benzene rings is 3. The number of hydrogen-bond donors (Lipinski definition) is 1. The fourth-order valence-electron chi connectivity index (χ4n) is 4.96. The second-order valence-corrected chi connectivity index (χ2v) is 11.9. The van der Waals surface area contributed by atoms with E-state index in [9.17, 15) is 9.67 Å². The second kappa shape index (κ2) is 8.93. The molecule has 0 bridgehead atoms. The van der Waals surface area contributed by atoms with Gasteiger partial charge in [-0.25, -0.2) is 14.0 Å². The van der Waals surface area contributed by atoms with Crippen LogP contribution in [-0.2, 0) is 16.6 Å². The predicted molar refractivity (Wildman–Crippen MR) is 130 cm³/mol. The molecule has 32 heavy (non-hydrogen) atoms. The van der Waals surface area contributed by atoms with Crippen molar-refractivity contribution in [3.05, 3.63) is 107 Å². The SMILES string of the molecule is CN(C)P(=O)(N(C)C)N1CCc2ccccc2C1C(O)(c1ccccc1)c1ccccc1. The van der Waals surface area contributed by atoms with Gasteiger partial charge in [0.15, 0.2) is 0 Å². The lowest BCUT2D eigenvalue weighted by Gasteiger charge is -2.51. The molecule has 0 amide bonds. The third kappa shape index (κ3) is 3.64. The molecule has 1 unspecified atom stereocenters. The van der Waals surface area contributed by atoms with Gasteiger partial charge in [0.2, 0.25) is 0 Å². The molecule has 0 saturated heterocycles. The molecule has 1 N–H and O–H groups in total. The van der Waals surface area contributed by atoms with E-state index in [1.54, 1.807) is 9.34 Å². The van der Waals surface area contributed by atoms with Gasteiger partial charge < -0.3 is 5.11 Å². The molecule has 1 aliphatic rings. The highest BCUT2D eigenvalue weighted by molar-refractivity contribution is 7.56. The highest BCUT2D eigenvalue weighted by Gasteiger charge is 2.53. The van der Waals surface area contributed by atoms with Crippen molar-refractivity contribution in [1.82, 2.24) is 14.0 Å². The maximum Gasteiger partial charge on any atom is 0.286 e. The molecular formula is C26H32N3O2P. The highest BCUT2D eigenvalue weighted by Crippen LogP contribution is 2.62. The zero-order valence-electron chi connectivity index (χ0n) is 19.2. The van der Waals surface area contributed by atoms with Crippen LogP contribution < -0.4 is 0 Å². The van der Waals surface area contributed by atoms with Gasteiger partial charge in [-0.1, -0.05) is 84.9 Å². The summed E-state index contributed by atoms with van der Waals surface area (Å²) < 4.78 is 20.2. The third-order valence-corrected chi connectivity index (χ3v) is 9.64. The fourth-order valence-corrected chi connectivity index (χ4v) is 7.55. The smallest absolute Gasteiger partial charge is 0.286 e. The quantitative estimate of drug-likeness (QED) is 0.550. The first-order valence-electron chi connectivity index (χ1n) is 10.9. The molecule has 0 aromatic heterocycles. The first kappa shape index (κ1) is 22.9. The zero-order valence-corrected chi connectivity index (χ0v) is 20.1. The van der Waals surface area contributed by atoms with Crippen LogP contribution in [-0.4, -0.2) is 53.9 Å². The summed E-state index contributed by atoms with van der Waals surface area (Å²) in [7, 11) is 4.25. The van der Waals surface area contributed by atoms with Crippen LogP contribution in [0.15, 0.2) is 84.9 Å². The Morgan fingerprint density at radius 1 is 0.812 bits per heavy atom. The molecule has 1 aliphatic heterocycles. The first-order chi connectivity index (χ1) is 15.3. The minimum absolute atomic E-state index is 0.534. The van der Waals surface area contributed by atoms with Crippen molar-refractivity contribution < 1.29 is 9.67 Å². The summed E-state index contributed by atoms with van der Waals surface area (Å²) in [6.07, 6.45) is 0.776. The minimum atomic E-state index is -3.15. The predicted octanol–water partition coefficient (Wildman–Crippen LogP) is 4.75. The van der Waals surface area contributed by atoms with Crippen molar-refractivity contribution in [3.8, 4) is 0 Å². The molecule has 1 atom stereocenters. The number of hydrogen-bond acceptors (Lipinski definition) is 2. The van der Waals surface area contributed by atoms with Crippen LogP contribution in [0.2, 0.25) is 0 Å². The van der Waals surface area contributed by atoms with Gasteiger partial charge in [-0.3, -0.25) is 4.57 Å². The number of aliphatic hydroxyl groups is 1. The van der Waals surface area contributed by atoms with Crippen LogP contribution in [0.25, 0.3) is 0 Å². The monoisotopic (exact) mass is 449 g/mol. The normalized spacial score (nSPS) is 17.5. The van der Waals surface area contributed by atoms with Gasteiger partial charge in [0.1, 0.15) is 5.60 Å². The van der Waals surface area contributed by atoms with Gasteiger partial charge in [-0.15, -0.1) is 0 Å². The Kier molecular flexibility index (Phi) is 6.39. The topological polar surface area (TPSA) is 47.0 Å². The lowest BCUT2D eigenvalue weighted by atomic mass is 9.75. The molecule has 0 aliphatic carbocycles. The van der Waals surface area contributed by atoms with Gasteiger partial charge in [0.05, 0.1) is 6.04 Å². The molecule has 3 aromatic carbocycles. The summed E-state index contributed by atoms with van der Waals surface area (Å²) >= 11 is 0. The summed E-state index contributed by atoms with van der Waals surface area (Å²) in [5.41, 5.74) is 2.35. The van der Waals surface area contributed by atoms with Crippen molar-refractivity contribution in [1.29, 1.82) is 0 Å². The van der Waals surface area contributed by atoms with E-state index in [1.165, 1.54) is 5.56 Å². The van der Waals surface area contributed by atoms with Gasteiger partial charge in [-0.05, 0) is 56.9 Å². The van der Waals surface area contributed by atoms with Gasteiger partial charge >= 0.3 is 0 Å². The van der Waals surface area contributed by atoms with E-state index in [4.69, 9.17) is 0 Å². The fraction of sp³-hybridized carbons (Fsp3) is 0.308. The number of fused-ring (bicyclic) bond motifs is 1. The first-order valence-corrected chi connectivity index (χ1v) is 12.5.